The van der Waals surface area contributed by atoms with Gasteiger partial charge in [-0.2, -0.15) is 4.99 Å². The number of hydrogen-bond donors (Lipinski definition) is 1. The topological polar surface area (TPSA) is 58.5 Å². The Morgan fingerprint density at radius 3 is 2.33 bits per heavy atom. The normalized spacial score (nSPS) is 9.56. The standard InChI is InChI=1S/C5H7N2O2/c1-4(8)6-3-7-5(2)9/h1-2H3,(H,6,7,8,9). The van der Waals surface area contributed by atoms with Crippen LogP contribution in [0.4, 0.5) is 0 Å². The minimum absolute atomic E-state index is 0.292. The molecular weight excluding hydrogens is 120 g/mol. The highest BCUT2D eigenvalue weighted by Gasteiger charge is 1.85. The van der Waals surface area contributed by atoms with Crippen molar-refractivity contribution in [3.63, 3.8) is 0 Å². The lowest BCUT2D eigenvalue weighted by Gasteiger charge is -1.84. The van der Waals surface area contributed by atoms with E-state index in [1.54, 1.807) is 0 Å². The Labute approximate surface area is 53.0 Å². The second kappa shape index (κ2) is 3.77. The van der Waals surface area contributed by atoms with E-state index in [0.29, 0.717) is 0 Å². The Bertz CT molecular complexity index is 151. The number of carbonyl (C=O) groups is 2. The Hall–Kier alpha value is -1.19. The van der Waals surface area contributed by atoms with Gasteiger partial charge in [0.2, 0.25) is 11.8 Å². The Balaban J connectivity index is 3.48. The van der Waals surface area contributed by atoms with Gasteiger partial charge in [-0.3, -0.25) is 9.59 Å². The molecule has 0 atom stereocenters. The molecule has 4 heteroatoms. The summed E-state index contributed by atoms with van der Waals surface area (Å²) < 4.78 is 0. The van der Waals surface area contributed by atoms with Gasteiger partial charge in [0.1, 0.15) is 0 Å². The molecule has 0 saturated heterocycles. The summed E-state index contributed by atoms with van der Waals surface area (Å²) >= 11 is 0. The van der Waals surface area contributed by atoms with Crippen molar-refractivity contribution in [3.05, 3.63) is 0 Å². The number of aliphatic imine (C=N–C) groups is 1. The first-order chi connectivity index (χ1) is 4.13. The highest BCUT2D eigenvalue weighted by Crippen LogP contribution is 1.65. The molecule has 1 radical (unpaired) electrons. The third-order valence-electron chi connectivity index (χ3n) is 0.445. The van der Waals surface area contributed by atoms with Crippen LogP contribution in [-0.4, -0.2) is 18.2 Å². The Morgan fingerprint density at radius 1 is 1.44 bits per heavy atom. The fourth-order valence-corrected chi connectivity index (χ4v) is 0.185. The lowest BCUT2D eigenvalue weighted by molar-refractivity contribution is -0.117. The van der Waals surface area contributed by atoms with Gasteiger partial charge in [0.25, 0.3) is 0 Å². The average molecular weight is 127 g/mol. The monoisotopic (exact) mass is 127 g/mol. The molecule has 0 aliphatic carbocycles. The van der Waals surface area contributed by atoms with Crippen molar-refractivity contribution < 1.29 is 9.59 Å². The van der Waals surface area contributed by atoms with Crippen LogP contribution >= 0.6 is 0 Å². The summed E-state index contributed by atoms with van der Waals surface area (Å²) in [7, 11) is 0. The van der Waals surface area contributed by atoms with E-state index in [4.69, 9.17) is 0 Å². The third-order valence-corrected chi connectivity index (χ3v) is 0.445. The van der Waals surface area contributed by atoms with Gasteiger partial charge in [0, 0.05) is 13.8 Å². The SMILES string of the molecule is CC(=O)/N=[C]\NC(C)=O. The molecule has 0 unspecified atom stereocenters. The van der Waals surface area contributed by atoms with Gasteiger partial charge in [-0.25, -0.2) is 0 Å². The summed E-state index contributed by atoms with van der Waals surface area (Å²) in [4.78, 5) is 23.3. The van der Waals surface area contributed by atoms with Crippen molar-refractivity contribution in [2.45, 2.75) is 13.8 Å². The minimum Gasteiger partial charge on any atom is -0.308 e. The first kappa shape index (κ1) is 7.81. The van der Waals surface area contributed by atoms with Crippen molar-refractivity contribution in [3.8, 4) is 0 Å². The van der Waals surface area contributed by atoms with Gasteiger partial charge in [0.15, 0.2) is 6.34 Å². The van der Waals surface area contributed by atoms with Crippen molar-refractivity contribution >= 4 is 18.2 Å². The Morgan fingerprint density at radius 2 is 2.00 bits per heavy atom. The molecule has 49 valence electrons. The van der Waals surface area contributed by atoms with E-state index in [2.05, 4.69) is 16.6 Å². The maximum Gasteiger partial charge on any atom is 0.244 e. The molecule has 0 aliphatic rings. The first-order valence-electron chi connectivity index (χ1n) is 2.36. The zero-order valence-electron chi connectivity index (χ0n) is 5.26. The van der Waals surface area contributed by atoms with E-state index in [1.165, 1.54) is 13.8 Å². The smallest absolute Gasteiger partial charge is 0.244 e. The average Bonchev–Trinajstić information content (AvgIpc) is 1.63. The summed E-state index contributed by atoms with van der Waals surface area (Å²) in [5.41, 5.74) is 0. The van der Waals surface area contributed by atoms with Crippen molar-refractivity contribution in [2.24, 2.45) is 4.99 Å². The summed E-state index contributed by atoms with van der Waals surface area (Å²) in [5, 5.41) is 2.10. The molecule has 0 aliphatic heterocycles. The number of amides is 2. The van der Waals surface area contributed by atoms with E-state index >= 15 is 0 Å². The number of nitrogens with one attached hydrogen (secondary N) is 1. The summed E-state index contributed by atoms with van der Waals surface area (Å²) in [6.45, 7) is 2.58. The molecular formula is C5H7N2O2. The van der Waals surface area contributed by atoms with Crippen molar-refractivity contribution in [2.75, 3.05) is 0 Å². The van der Waals surface area contributed by atoms with E-state index < -0.39 is 0 Å². The molecule has 0 rings (SSSR count). The van der Waals surface area contributed by atoms with Crippen LogP contribution in [0.5, 0.6) is 0 Å². The minimum atomic E-state index is -0.385. The lowest BCUT2D eigenvalue weighted by Crippen LogP contribution is -2.17. The van der Waals surface area contributed by atoms with Crippen LogP contribution in [0, 0.1) is 0 Å². The van der Waals surface area contributed by atoms with Crippen LogP contribution < -0.4 is 5.32 Å². The molecule has 1 N–H and O–H groups in total. The van der Waals surface area contributed by atoms with Gasteiger partial charge in [0.05, 0.1) is 0 Å². The number of nitrogens with zero attached hydrogens (tertiary/aromatic N) is 1. The van der Waals surface area contributed by atoms with Gasteiger partial charge >= 0.3 is 0 Å². The van der Waals surface area contributed by atoms with E-state index in [9.17, 15) is 9.59 Å². The maximum atomic E-state index is 10.1. The molecule has 0 aromatic carbocycles. The van der Waals surface area contributed by atoms with Crippen LogP contribution in [0.1, 0.15) is 13.8 Å². The first-order valence-corrected chi connectivity index (χ1v) is 2.36. The second-order valence-electron chi connectivity index (χ2n) is 1.42. The van der Waals surface area contributed by atoms with Crippen LogP contribution in [-0.2, 0) is 9.59 Å². The van der Waals surface area contributed by atoms with Gasteiger partial charge in [-0.05, 0) is 0 Å². The van der Waals surface area contributed by atoms with Gasteiger partial charge in [-0.15, -0.1) is 0 Å². The van der Waals surface area contributed by atoms with Crippen LogP contribution in [0.3, 0.4) is 0 Å². The van der Waals surface area contributed by atoms with Crippen molar-refractivity contribution in [1.29, 1.82) is 0 Å². The highest BCUT2D eigenvalue weighted by molar-refractivity contribution is 5.90. The molecule has 0 bridgehead atoms. The third kappa shape index (κ3) is 6.81. The maximum absolute atomic E-state index is 10.1. The molecule has 9 heavy (non-hydrogen) atoms. The van der Waals surface area contributed by atoms with Gasteiger partial charge < -0.3 is 5.32 Å². The molecule has 0 aromatic heterocycles. The molecule has 0 heterocycles. The largest absolute Gasteiger partial charge is 0.308 e. The fourth-order valence-electron chi connectivity index (χ4n) is 0.185. The zero-order chi connectivity index (χ0) is 7.28. The molecule has 0 saturated carbocycles. The predicted molar refractivity (Wildman–Crippen MR) is 31.9 cm³/mol. The second-order valence-corrected chi connectivity index (χ2v) is 1.42. The summed E-state index contributed by atoms with van der Waals surface area (Å²) in [5.74, 6) is -0.677. The summed E-state index contributed by atoms with van der Waals surface area (Å²) in [6, 6.07) is 0. The van der Waals surface area contributed by atoms with Crippen molar-refractivity contribution in [1.82, 2.24) is 5.32 Å². The predicted octanol–water partition coefficient (Wildman–Crippen LogP) is -0.426. The number of hydrogen-bond acceptors (Lipinski definition) is 2. The van der Waals surface area contributed by atoms with Crippen LogP contribution in [0.15, 0.2) is 4.99 Å². The molecule has 0 aromatic rings. The lowest BCUT2D eigenvalue weighted by atomic mass is 10.7. The molecule has 0 fully saturated rings. The molecule has 0 spiro atoms. The number of carbonyl (C=O) groups excluding carboxylic acids is 2. The number of rotatable bonds is 1. The van der Waals surface area contributed by atoms with E-state index in [1.807, 2.05) is 0 Å². The zero-order valence-corrected chi connectivity index (χ0v) is 5.26. The van der Waals surface area contributed by atoms with Crippen LogP contribution in [0.2, 0.25) is 0 Å². The molecule has 2 amide bonds. The van der Waals surface area contributed by atoms with E-state index in [-0.39, 0.29) is 11.8 Å². The molecule has 4 nitrogen and oxygen atoms in total. The van der Waals surface area contributed by atoms with Gasteiger partial charge in [-0.1, -0.05) is 0 Å². The fraction of sp³-hybridized carbons (Fsp3) is 0.400. The Kier molecular flexibility index (Phi) is 3.27. The van der Waals surface area contributed by atoms with Crippen LogP contribution in [0.25, 0.3) is 0 Å². The highest BCUT2D eigenvalue weighted by atomic mass is 16.2. The van der Waals surface area contributed by atoms with E-state index in [0.717, 1.165) is 0 Å². The summed E-state index contributed by atoms with van der Waals surface area (Å²) in [6.07, 6.45) is 2.06. The quantitative estimate of drug-likeness (QED) is 0.295.